The van der Waals surface area contributed by atoms with Gasteiger partial charge in [0.05, 0.1) is 0 Å². The number of oxime groups is 1. The summed E-state index contributed by atoms with van der Waals surface area (Å²) in [5.74, 6) is -0.781. The first-order chi connectivity index (χ1) is 12.5. The van der Waals surface area contributed by atoms with Gasteiger partial charge in [-0.3, -0.25) is 4.79 Å². The molecular weight excluding hydrogens is 346 g/mol. The van der Waals surface area contributed by atoms with Crippen LogP contribution in [-0.2, 0) is 9.63 Å². The molecule has 0 saturated carbocycles. The van der Waals surface area contributed by atoms with Crippen molar-refractivity contribution in [2.24, 2.45) is 5.16 Å². The largest absolute Gasteiger partial charge is 0.331 e. The number of hydrogen-bond acceptors (Lipinski definition) is 5. The van der Waals surface area contributed by atoms with Crippen LogP contribution in [0.25, 0.3) is 0 Å². The zero-order valence-electron chi connectivity index (χ0n) is 15.2. The van der Waals surface area contributed by atoms with Gasteiger partial charge in [0.1, 0.15) is 5.71 Å². The van der Waals surface area contributed by atoms with Crippen LogP contribution in [0.4, 0.5) is 0 Å². The lowest BCUT2D eigenvalue weighted by atomic mass is 10.0. The first kappa shape index (κ1) is 19.9. The molecule has 2 rings (SSSR count). The number of hydrogen-bond donors (Lipinski definition) is 0. The summed E-state index contributed by atoms with van der Waals surface area (Å²) in [6.45, 7) is 6.97. The molecule has 0 fully saturated rings. The summed E-state index contributed by atoms with van der Waals surface area (Å²) in [6, 6.07) is 7.43. The van der Waals surface area contributed by atoms with Gasteiger partial charge in [0.25, 0.3) is 0 Å². The Labute approximate surface area is 158 Å². The average molecular weight is 369 g/mol. The number of benzene rings is 1. The van der Waals surface area contributed by atoms with Gasteiger partial charge in [-0.25, -0.2) is 4.79 Å². The molecular formula is C21H23NO3S. The third-order valence-corrected chi connectivity index (χ3v) is 4.79. The number of rotatable bonds is 8. The van der Waals surface area contributed by atoms with Crippen molar-refractivity contribution in [3.63, 3.8) is 0 Å². The van der Waals surface area contributed by atoms with Gasteiger partial charge in [0, 0.05) is 23.8 Å². The Morgan fingerprint density at radius 1 is 1.19 bits per heavy atom. The number of carbonyl (C=O) groups excluding carboxylic acids is 2. The molecule has 0 radical (unpaired) electrons. The average Bonchev–Trinajstić information content (AvgIpc) is 2.62. The summed E-state index contributed by atoms with van der Waals surface area (Å²) >= 11 is 1.71. The Hall–Kier alpha value is -2.40. The first-order valence-electron chi connectivity index (χ1n) is 8.53. The Morgan fingerprint density at radius 3 is 2.50 bits per heavy atom. The van der Waals surface area contributed by atoms with Crippen molar-refractivity contribution in [1.29, 1.82) is 0 Å². The molecule has 0 saturated heterocycles. The fourth-order valence-electron chi connectivity index (χ4n) is 2.31. The standard InChI is InChI=1S/C21H23NO3S/c1-15(2)9-14-20(22-25-16(3)23)21(24)17-10-12-19(13-11-17)26-18-7-5-4-6-8-18/h4-5,7,10-13H,1,6,8-9,14H2,2-3H3/b22-20+. The Balaban J connectivity index is 2.10. The summed E-state index contributed by atoms with van der Waals surface area (Å²) in [5.41, 5.74) is 1.69. The van der Waals surface area contributed by atoms with Crippen LogP contribution < -0.4 is 0 Å². The molecule has 136 valence electrons. The van der Waals surface area contributed by atoms with Gasteiger partial charge in [-0.2, -0.15) is 0 Å². The fraction of sp³-hybridized carbons (Fsp3) is 0.286. The lowest BCUT2D eigenvalue weighted by Crippen LogP contribution is -2.16. The molecule has 5 heteroatoms. The van der Waals surface area contributed by atoms with Gasteiger partial charge in [0.2, 0.25) is 5.78 Å². The van der Waals surface area contributed by atoms with Crippen molar-refractivity contribution in [1.82, 2.24) is 0 Å². The molecule has 26 heavy (non-hydrogen) atoms. The van der Waals surface area contributed by atoms with Crippen LogP contribution >= 0.6 is 11.8 Å². The lowest BCUT2D eigenvalue weighted by molar-refractivity contribution is -0.140. The van der Waals surface area contributed by atoms with Gasteiger partial charge in [-0.05, 0) is 55.4 Å². The van der Waals surface area contributed by atoms with Crippen molar-refractivity contribution in [2.75, 3.05) is 0 Å². The van der Waals surface area contributed by atoms with Crippen molar-refractivity contribution < 1.29 is 14.4 Å². The highest BCUT2D eigenvalue weighted by molar-refractivity contribution is 8.03. The fourth-order valence-corrected chi connectivity index (χ4v) is 3.25. The lowest BCUT2D eigenvalue weighted by Gasteiger charge is -2.09. The topological polar surface area (TPSA) is 55.7 Å². The van der Waals surface area contributed by atoms with E-state index in [0.29, 0.717) is 18.4 Å². The van der Waals surface area contributed by atoms with E-state index < -0.39 is 5.97 Å². The van der Waals surface area contributed by atoms with Crippen LogP contribution in [0.5, 0.6) is 0 Å². The van der Waals surface area contributed by atoms with Crippen molar-refractivity contribution in [2.45, 2.75) is 44.4 Å². The SMILES string of the molecule is C=C(C)CC/C(=N\OC(C)=O)C(=O)c1ccc(SC2=CC=CCC2)cc1. The van der Waals surface area contributed by atoms with Crippen LogP contribution in [-0.4, -0.2) is 17.5 Å². The molecule has 0 spiro atoms. The maximum Gasteiger partial charge on any atom is 0.331 e. The molecule has 0 aliphatic heterocycles. The number of nitrogens with zero attached hydrogens (tertiary/aromatic N) is 1. The monoisotopic (exact) mass is 369 g/mol. The van der Waals surface area contributed by atoms with E-state index in [-0.39, 0.29) is 11.5 Å². The molecule has 0 bridgehead atoms. The van der Waals surface area contributed by atoms with E-state index in [4.69, 9.17) is 0 Å². The van der Waals surface area contributed by atoms with Gasteiger partial charge in [-0.15, -0.1) is 6.58 Å². The quantitative estimate of drug-likeness (QED) is 0.200. The van der Waals surface area contributed by atoms with E-state index in [1.807, 2.05) is 19.1 Å². The third-order valence-electron chi connectivity index (χ3n) is 3.68. The van der Waals surface area contributed by atoms with Crippen molar-refractivity contribution >= 4 is 29.2 Å². The second-order valence-corrected chi connectivity index (χ2v) is 7.33. The highest BCUT2D eigenvalue weighted by Gasteiger charge is 2.16. The molecule has 0 unspecified atom stereocenters. The smallest absolute Gasteiger partial charge is 0.318 e. The number of ketones is 1. The second-order valence-electron chi connectivity index (χ2n) is 6.13. The van der Waals surface area contributed by atoms with Crippen LogP contribution in [0.15, 0.2) is 69.6 Å². The molecule has 1 aromatic carbocycles. The number of Topliss-reactive ketones (excluding diaryl/α,β-unsaturated/α-hetero) is 1. The molecule has 0 aromatic heterocycles. The molecule has 1 aliphatic rings. The predicted octanol–water partition coefficient (Wildman–Crippen LogP) is 5.47. The maximum atomic E-state index is 12.7. The minimum atomic E-state index is -0.549. The van der Waals surface area contributed by atoms with Gasteiger partial charge < -0.3 is 4.84 Å². The van der Waals surface area contributed by atoms with Gasteiger partial charge >= 0.3 is 5.97 Å². The Bertz CT molecular complexity index is 773. The van der Waals surface area contributed by atoms with E-state index in [2.05, 4.69) is 34.8 Å². The van der Waals surface area contributed by atoms with Gasteiger partial charge in [-0.1, -0.05) is 40.7 Å². The van der Waals surface area contributed by atoms with Crippen LogP contribution in [0.1, 0.15) is 49.9 Å². The van der Waals surface area contributed by atoms with Crippen LogP contribution in [0.2, 0.25) is 0 Å². The maximum absolute atomic E-state index is 12.7. The summed E-state index contributed by atoms with van der Waals surface area (Å²) in [5, 5.41) is 3.74. The summed E-state index contributed by atoms with van der Waals surface area (Å²) in [4.78, 5) is 30.8. The van der Waals surface area contributed by atoms with Crippen LogP contribution in [0.3, 0.4) is 0 Å². The Kier molecular flexibility index (Phi) is 7.60. The molecule has 0 N–H and O–H groups in total. The Morgan fingerprint density at radius 2 is 1.92 bits per heavy atom. The van der Waals surface area contributed by atoms with E-state index >= 15 is 0 Å². The summed E-state index contributed by atoms with van der Waals surface area (Å²) < 4.78 is 0. The number of carbonyl (C=O) groups is 2. The minimum absolute atomic E-state index is 0.226. The van der Waals surface area contributed by atoms with Crippen molar-refractivity contribution in [3.8, 4) is 0 Å². The molecule has 1 aliphatic carbocycles. The van der Waals surface area contributed by atoms with Crippen molar-refractivity contribution in [3.05, 3.63) is 65.1 Å². The molecule has 0 atom stereocenters. The van der Waals surface area contributed by atoms with Crippen LogP contribution in [0, 0.1) is 0 Å². The van der Waals surface area contributed by atoms with E-state index in [0.717, 1.165) is 23.3 Å². The summed E-state index contributed by atoms with van der Waals surface area (Å²) in [7, 11) is 0. The molecule has 1 aromatic rings. The second kappa shape index (κ2) is 9.92. The highest BCUT2D eigenvalue weighted by atomic mass is 32.2. The molecule has 0 heterocycles. The minimum Gasteiger partial charge on any atom is -0.318 e. The number of thioether (sulfide) groups is 1. The molecule has 4 nitrogen and oxygen atoms in total. The van der Waals surface area contributed by atoms with Gasteiger partial charge in [0.15, 0.2) is 0 Å². The molecule has 0 amide bonds. The first-order valence-corrected chi connectivity index (χ1v) is 9.34. The van der Waals surface area contributed by atoms with E-state index in [1.165, 1.54) is 11.8 Å². The zero-order valence-corrected chi connectivity index (χ0v) is 16.0. The highest BCUT2D eigenvalue weighted by Crippen LogP contribution is 2.31. The zero-order chi connectivity index (χ0) is 18.9. The third kappa shape index (κ3) is 6.48. The normalized spacial score (nSPS) is 13.9. The summed E-state index contributed by atoms with van der Waals surface area (Å²) in [6.07, 6.45) is 9.45. The number of allylic oxidation sites excluding steroid dienone is 5. The predicted molar refractivity (Wildman–Crippen MR) is 106 cm³/mol. The van der Waals surface area contributed by atoms with E-state index in [9.17, 15) is 9.59 Å². The van der Waals surface area contributed by atoms with E-state index in [1.54, 1.807) is 23.9 Å².